The molecule has 2 rings (SSSR count). The third-order valence-corrected chi connectivity index (χ3v) is 2.43. The average Bonchev–Trinajstić information content (AvgIpc) is 2.19. The molecular formula is C9H13ClN3O+. The molecular weight excluding hydrogens is 202 g/mol. The van der Waals surface area contributed by atoms with Crippen molar-refractivity contribution in [1.29, 1.82) is 0 Å². The summed E-state index contributed by atoms with van der Waals surface area (Å²) in [6.45, 7) is 3.11. The first-order valence-corrected chi connectivity index (χ1v) is 4.89. The normalized spacial score (nSPS) is 17.1. The minimum atomic E-state index is 0. The highest BCUT2D eigenvalue weighted by atomic mass is 35.5. The lowest BCUT2D eigenvalue weighted by Crippen LogP contribution is -2.36. The van der Waals surface area contributed by atoms with Gasteiger partial charge in [0.1, 0.15) is 5.82 Å². The van der Waals surface area contributed by atoms with Crippen molar-refractivity contribution in [1.82, 2.24) is 4.98 Å². The van der Waals surface area contributed by atoms with Gasteiger partial charge in [-0.25, -0.2) is 4.98 Å². The molecule has 5 heteroatoms. The molecule has 1 aliphatic rings. The summed E-state index contributed by atoms with van der Waals surface area (Å²) >= 11 is 6.04. The number of nitrogens with zero attached hydrogens (tertiary/aromatic N) is 2. The summed E-state index contributed by atoms with van der Waals surface area (Å²) in [7, 11) is 0. The van der Waals surface area contributed by atoms with Crippen molar-refractivity contribution >= 4 is 23.1 Å². The van der Waals surface area contributed by atoms with Gasteiger partial charge in [0, 0.05) is 13.1 Å². The Balaban J connectivity index is 0.00000112. The van der Waals surface area contributed by atoms with Crippen LogP contribution < -0.4 is 10.6 Å². The fourth-order valence-electron chi connectivity index (χ4n) is 1.45. The van der Waals surface area contributed by atoms with E-state index in [1.54, 1.807) is 12.3 Å². The highest BCUT2D eigenvalue weighted by Crippen LogP contribution is 2.25. The molecule has 1 aliphatic heterocycles. The number of rotatable bonds is 1. The molecule has 14 heavy (non-hydrogen) atoms. The van der Waals surface area contributed by atoms with Crippen LogP contribution in [-0.2, 0) is 4.74 Å². The second kappa shape index (κ2) is 4.02. The Morgan fingerprint density at radius 1 is 1.50 bits per heavy atom. The van der Waals surface area contributed by atoms with Crippen LogP contribution in [0.5, 0.6) is 0 Å². The van der Waals surface area contributed by atoms with Gasteiger partial charge in [-0.3, -0.25) is 0 Å². The monoisotopic (exact) mass is 214 g/mol. The SMILES string of the molecule is Nc1cnc(N2CCOCC2)c(Cl)c1.[H+]. The van der Waals surface area contributed by atoms with Gasteiger partial charge in [0.15, 0.2) is 0 Å². The van der Waals surface area contributed by atoms with Crippen LogP contribution in [-0.4, -0.2) is 31.3 Å². The first kappa shape index (κ1) is 9.55. The average molecular weight is 215 g/mol. The third kappa shape index (κ3) is 1.91. The second-order valence-electron chi connectivity index (χ2n) is 3.17. The molecule has 0 aromatic carbocycles. The Morgan fingerprint density at radius 2 is 2.21 bits per heavy atom. The Kier molecular flexibility index (Phi) is 2.74. The molecule has 0 bridgehead atoms. The van der Waals surface area contributed by atoms with Gasteiger partial charge in [0.25, 0.3) is 0 Å². The summed E-state index contributed by atoms with van der Waals surface area (Å²) < 4.78 is 5.25. The van der Waals surface area contributed by atoms with Crippen LogP contribution in [0.15, 0.2) is 12.3 Å². The standard InChI is InChI=1S/C9H12ClN3O/c10-8-5-7(11)6-12-9(8)13-1-3-14-4-2-13/h5-6H,1-4,11H2/p+1. The molecule has 0 aliphatic carbocycles. The lowest BCUT2D eigenvalue weighted by atomic mass is 10.3. The van der Waals surface area contributed by atoms with Crippen molar-refractivity contribution < 1.29 is 6.16 Å². The predicted octanol–water partition coefficient (Wildman–Crippen LogP) is 1.27. The molecule has 2 N–H and O–H groups in total. The van der Waals surface area contributed by atoms with Gasteiger partial charge in [0.05, 0.1) is 30.1 Å². The Hall–Kier alpha value is -1.00. The summed E-state index contributed by atoms with van der Waals surface area (Å²) in [4.78, 5) is 6.32. The smallest absolute Gasteiger partial charge is 0.397 e. The maximum absolute atomic E-state index is 6.04. The van der Waals surface area contributed by atoms with Gasteiger partial charge in [-0.2, -0.15) is 0 Å². The second-order valence-corrected chi connectivity index (χ2v) is 3.58. The van der Waals surface area contributed by atoms with Gasteiger partial charge in [-0.05, 0) is 6.07 Å². The lowest BCUT2D eigenvalue weighted by Gasteiger charge is -2.28. The Bertz CT molecular complexity index is 331. The summed E-state index contributed by atoms with van der Waals surface area (Å²) in [6.07, 6.45) is 1.62. The molecule has 2 heterocycles. The molecule has 0 atom stereocenters. The first-order chi connectivity index (χ1) is 6.77. The number of pyridine rings is 1. The highest BCUT2D eigenvalue weighted by Gasteiger charge is 2.15. The lowest BCUT2D eigenvalue weighted by molar-refractivity contribution is 0.122. The number of morpholine rings is 1. The van der Waals surface area contributed by atoms with Crippen LogP contribution in [0.3, 0.4) is 0 Å². The minimum absolute atomic E-state index is 0. The number of hydrogen-bond acceptors (Lipinski definition) is 4. The van der Waals surface area contributed by atoms with Crippen LogP contribution in [0, 0.1) is 0 Å². The number of aromatic nitrogens is 1. The molecule has 4 nitrogen and oxygen atoms in total. The van der Waals surface area contributed by atoms with Gasteiger partial charge < -0.3 is 15.4 Å². The van der Waals surface area contributed by atoms with E-state index in [0.717, 1.165) is 32.1 Å². The summed E-state index contributed by atoms with van der Waals surface area (Å²) in [5.41, 5.74) is 6.16. The van der Waals surface area contributed by atoms with E-state index in [-0.39, 0.29) is 1.43 Å². The molecule has 0 unspecified atom stereocenters. The zero-order chi connectivity index (χ0) is 9.97. The van der Waals surface area contributed by atoms with Crippen molar-refractivity contribution in [3.63, 3.8) is 0 Å². The van der Waals surface area contributed by atoms with Crippen molar-refractivity contribution in [2.24, 2.45) is 0 Å². The minimum Gasteiger partial charge on any atom is -0.397 e. The highest BCUT2D eigenvalue weighted by molar-refractivity contribution is 6.33. The van der Waals surface area contributed by atoms with E-state index in [2.05, 4.69) is 9.88 Å². The van der Waals surface area contributed by atoms with Gasteiger partial charge in [-0.1, -0.05) is 11.6 Å². The molecule has 1 fully saturated rings. The van der Waals surface area contributed by atoms with Gasteiger partial charge in [0.2, 0.25) is 0 Å². The first-order valence-electron chi connectivity index (χ1n) is 4.51. The fourth-order valence-corrected chi connectivity index (χ4v) is 1.75. The van der Waals surface area contributed by atoms with Crippen LogP contribution in [0.2, 0.25) is 5.02 Å². The molecule has 0 spiro atoms. The molecule has 0 amide bonds. The Morgan fingerprint density at radius 3 is 2.86 bits per heavy atom. The summed E-state index contributed by atoms with van der Waals surface area (Å²) in [6, 6.07) is 1.72. The number of nitrogens with two attached hydrogens (primary N) is 1. The molecule has 0 saturated carbocycles. The van der Waals surface area contributed by atoms with Crippen LogP contribution >= 0.6 is 11.6 Å². The van der Waals surface area contributed by atoms with Crippen LogP contribution in [0.25, 0.3) is 0 Å². The van der Waals surface area contributed by atoms with E-state index in [1.165, 1.54) is 0 Å². The number of ether oxygens (including phenoxy) is 1. The molecule has 0 radical (unpaired) electrons. The number of hydrogen-bond donors (Lipinski definition) is 1. The van der Waals surface area contributed by atoms with E-state index in [4.69, 9.17) is 22.1 Å². The van der Waals surface area contributed by atoms with Crippen molar-refractivity contribution in [2.75, 3.05) is 36.9 Å². The largest absolute Gasteiger partial charge is 1.00 e. The molecule has 1 saturated heterocycles. The predicted molar refractivity (Wildman–Crippen MR) is 57.8 cm³/mol. The molecule has 76 valence electrons. The van der Waals surface area contributed by atoms with Crippen LogP contribution in [0.4, 0.5) is 11.5 Å². The quantitative estimate of drug-likeness (QED) is 0.765. The third-order valence-electron chi connectivity index (χ3n) is 2.15. The maximum atomic E-state index is 6.04. The molecule has 1 aromatic rings. The number of nitrogen functional groups attached to an aromatic ring is 1. The topological polar surface area (TPSA) is 51.4 Å². The van der Waals surface area contributed by atoms with Crippen molar-refractivity contribution in [2.45, 2.75) is 0 Å². The Labute approximate surface area is 89.1 Å². The van der Waals surface area contributed by atoms with Crippen molar-refractivity contribution in [3.8, 4) is 0 Å². The van der Waals surface area contributed by atoms with E-state index in [1.807, 2.05) is 0 Å². The van der Waals surface area contributed by atoms with Crippen LogP contribution in [0.1, 0.15) is 1.43 Å². The number of anilines is 2. The van der Waals surface area contributed by atoms with Crippen molar-refractivity contribution in [3.05, 3.63) is 17.3 Å². The van der Waals surface area contributed by atoms with Gasteiger partial charge >= 0.3 is 1.43 Å². The zero-order valence-corrected chi connectivity index (χ0v) is 8.50. The van der Waals surface area contributed by atoms with E-state index < -0.39 is 0 Å². The van der Waals surface area contributed by atoms with E-state index >= 15 is 0 Å². The van der Waals surface area contributed by atoms with E-state index in [0.29, 0.717) is 10.7 Å². The zero-order valence-electron chi connectivity index (χ0n) is 8.74. The maximum Gasteiger partial charge on any atom is 1.00 e. The summed E-state index contributed by atoms with van der Waals surface area (Å²) in [5, 5.41) is 0.604. The summed E-state index contributed by atoms with van der Waals surface area (Å²) in [5.74, 6) is 0.796. The van der Waals surface area contributed by atoms with E-state index in [9.17, 15) is 0 Å². The van der Waals surface area contributed by atoms with Gasteiger partial charge in [-0.15, -0.1) is 0 Å². The fraction of sp³-hybridized carbons (Fsp3) is 0.444. The number of halogens is 1. The molecule has 1 aromatic heterocycles.